The molecule has 1 aromatic heterocycles. The van der Waals surface area contributed by atoms with E-state index < -0.39 is 5.82 Å². The number of rotatable bonds is 8. The summed E-state index contributed by atoms with van der Waals surface area (Å²) in [7, 11) is 0. The van der Waals surface area contributed by atoms with Crippen molar-refractivity contribution in [3.8, 4) is 0 Å². The minimum Gasteiger partial charge on any atom is -0.356 e. The third-order valence-electron chi connectivity index (χ3n) is 3.21. The highest BCUT2D eigenvalue weighted by Crippen LogP contribution is 2.02. The Kier molecular flexibility index (Phi) is 6.28. The van der Waals surface area contributed by atoms with Crippen LogP contribution in [0.4, 0.5) is 4.39 Å². The van der Waals surface area contributed by atoms with Gasteiger partial charge in [-0.25, -0.2) is 9.37 Å². The third-order valence-corrected chi connectivity index (χ3v) is 3.21. The van der Waals surface area contributed by atoms with Crippen LogP contribution in [0.1, 0.15) is 29.0 Å². The quantitative estimate of drug-likeness (QED) is 0.643. The van der Waals surface area contributed by atoms with Crippen LogP contribution in [0.15, 0.2) is 36.7 Å². The predicted octanol–water partition coefficient (Wildman–Crippen LogP) is 1.42. The van der Waals surface area contributed by atoms with Crippen LogP contribution in [0.25, 0.3) is 0 Å². The van der Waals surface area contributed by atoms with Crippen molar-refractivity contribution in [2.24, 2.45) is 0 Å². The van der Waals surface area contributed by atoms with Gasteiger partial charge in [0.25, 0.3) is 5.91 Å². The minimum absolute atomic E-state index is 0.121. The van der Waals surface area contributed by atoms with Crippen LogP contribution < -0.4 is 10.6 Å². The first-order valence-corrected chi connectivity index (χ1v) is 7.44. The van der Waals surface area contributed by atoms with E-state index in [1.807, 2.05) is 0 Å². The average molecular weight is 318 g/mol. The summed E-state index contributed by atoms with van der Waals surface area (Å²) in [5.74, 6) is 0.0563. The summed E-state index contributed by atoms with van der Waals surface area (Å²) >= 11 is 0. The topological polar surface area (TPSA) is 86.9 Å². The molecule has 23 heavy (non-hydrogen) atoms. The van der Waals surface area contributed by atoms with E-state index in [2.05, 4.69) is 20.6 Å². The highest BCUT2D eigenvalue weighted by molar-refractivity contribution is 5.94. The number of amides is 2. The summed E-state index contributed by atoms with van der Waals surface area (Å²) in [4.78, 5) is 30.5. The lowest BCUT2D eigenvalue weighted by Gasteiger charge is -2.06. The van der Waals surface area contributed by atoms with Gasteiger partial charge in [-0.05, 0) is 30.7 Å². The molecule has 0 aliphatic heterocycles. The molecule has 3 N–H and O–H groups in total. The fraction of sp³-hybridized carbons (Fsp3) is 0.312. The maximum atomic E-state index is 12.8. The molecule has 0 aliphatic carbocycles. The number of aryl methyl sites for hydroxylation is 1. The van der Waals surface area contributed by atoms with E-state index in [1.165, 1.54) is 24.3 Å². The normalized spacial score (nSPS) is 10.3. The number of nitrogens with one attached hydrogen (secondary N) is 3. The molecule has 6 nitrogen and oxygen atoms in total. The molecule has 0 saturated heterocycles. The molecule has 0 spiro atoms. The number of benzene rings is 1. The smallest absolute Gasteiger partial charge is 0.251 e. The van der Waals surface area contributed by atoms with Crippen molar-refractivity contribution in [1.82, 2.24) is 20.6 Å². The number of H-pyrrole nitrogens is 1. The molecule has 122 valence electrons. The first-order chi connectivity index (χ1) is 11.1. The second-order valence-corrected chi connectivity index (χ2v) is 5.00. The molecule has 0 fully saturated rings. The zero-order valence-electron chi connectivity index (χ0n) is 12.6. The fourth-order valence-corrected chi connectivity index (χ4v) is 2.00. The van der Waals surface area contributed by atoms with Crippen molar-refractivity contribution in [3.63, 3.8) is 0 Å². The third kappa shape index (κ3) is 5.90. The Morgan fingerprint density at radius 2 is 1.91 bits per heavy atom. The van der Waals surface area contributed by atoms with Crippen molar-refractivity contribution in [1.29, 1.82) is 0 Å². The van der Waals surface area contributed by atoms with Crippen LogP contribution in [0, 0.1) is 5.82 Å². The van der Waals surface area contributed by atoms with E-state index >= 15 is 0 Å². The predicted molar refractivity (Wildman–Crippen MR) is 83.3 cm³/mol. The van der Waals surface area contributed by atoms with Crippen molar-refractivity contribution < 1.29 is 14.0 Å². The van der Waals surface area contributed by atoms with Crippen LogP contribution in [0.5, 0.6) is 0 Å². The summed E-state index contributed by atoms with van der Waals surface area (Å²) in [5, 5.41) is 5.41. The first-order valence-electron chi connectivity index (χ1n) is 7.44. The SMILES string of the molecule is O=C(CCNC(=O)c1ccc(F)cc1)NCCCc1ncc[nH]1. The molecule has 0 bridgehead atoms. The Labute approximate surface area is 133 Å². The van der Waals surface area contributed by atoms with E-state index in [1.54, 1.807) is 12.4 Å². The van der Waals surface area contributed by atoms with Gasteiger partial charge >= 0.3 is 0 Å². The number of carbonyl (C=O) groups excluding carboxylic acids is 2. The number of aromatic nitrogens is 2. The zero-order valence-corrected chi connectivity index (χ0v) is 12.6. The van der Waals surface area contributed by atoms with Crippen molar-refractivity contribution >= 4 is 11.8 Å². The largest absolute Gasteiger partial charge is 0.356 e. The molecule has 0 atom stereocenters. The van der Waals surface area contributed by atoms with Crippen LogP contribution >= 0.6 is 0 Å². The standard InChI is InChI=1S/C16H19FN4O2/c17-13-5-3-12(4-6-13)16(23)21-9-7-15(22)20-8-1-2-14-18-10-11-19-14/h3-6,10-11H,1-2,7-9H2,(H,18,19)(H,20,22)(H,21,23). The van der Waals surface area contributed by atoms with Crippen LogP contribution in [-0.4, -0.2) is 34.9 Å². The molecule has 2 aromatic rings. The van der Waals surface area contributed by atoms with E-state index in [9.17, 15) is 14.0 Å². The summed E-state index contributed by atoms with van der Waals surface area (Å²) in [6, 6.07) is 5.25. The van der Waals surface area contributed by atoms with Crippen molar-refractivity contribution in [3.05, 3.63) is 53.9 Å². The average Bonchev–Trinajstić information content (AvgIpc) is 3.05. The summed E-state index contributed by atoms with van der Waals surface area (Å²) in [6.07, 6.45) is 5.22. The highest BCUT2D eigenvalue weighted by atomic mass is 19.1. The van der Waals surface area contributed by atoms with E-state index in [-0.39, 0.29) is 24.8 Å². The summed E-state index contributed by atoms with van der Waals surface area (Å²) < 4.78 is 12.8. The van der Waals surface area contributed by atoms with Crippen LogP contribution in [-0.2, 0) is 11.2 Å². The maximum absolute atomic E-state index is 12.8. The van der Waals surface area contributed by atoms with Gasteiger partial charge in [0.15, 0.2) is 0 Å². The molecule has 1 aromatic carbocycles. The molecule has 2 rings (SSSR count). The van der Waals surface area contributed by atoms with Gasteiger partial charge in [-0.15, -0.1) is 0 Å². The van der Waals surface area contributed by atoms with Gasteiger partial charge < -0.3 is 15.6 Å². The number of hydrogen-bond donors (Lipinski definition) is 3. The van der Waals surface area contributed by atoms with Crippen LogP contribution in [0.2, 0.25) is 0 Å². The number of hydrogen-bond acceptors (Lipinski definition) is 3. The second kappa shape index (κ2) is 8.67. The van der Waals surface area contributed by atoms with E-state index in [0.717, 1.165) is 18.7 Å². The highest BCUT2D eigenvalue weighted by Gasteiger charge is 2.06. The Hall–Kier alpha value is -2.70. The van der Waals surface area contributed by atoms with Gasteiger partial charge in [0.05, 0.1) is 0 Å². The number of halogens is 1. The Morgan fingerprint density at radius 1 is 1.13 bits per heavy atom. The molecular formula is C16H19FN4O2. The van der Waals surface area contributed by atoms with E-state index in [4.69, 9.17) is 0 Å². The first kappa shape index (κ1) is 16.7. The van der Waals surface area contributed by atoms with Gasteiger partial charge in [-0.1, -0.05) is 0 Å². The lowest BCUT2D eigenvalue weighted by molar-refractivity contribution is -0.120. The Bertz CT molecular complexity index is 626. The molecule has 1 heterocycles. The van der Waals surface area contributed by atoms with Gasteiger partial charge in [0, 0.05) is 43.9 Å². The summed E-state index contributed by atoms with van der Waals surface area (Å²) in [5.41, 5.74) is 0.366. The zero-order chi connectivity index (χ0) is 16.5. The van der Waals surface area contributed by atoms with Gasteiger partial charge in [0.1, 0.15) is 11.6 Å². The molecular weight excluding hydrogens is 299 g/mol. The number of nitrogens with zero attached hydrogens (tertiary/aromatic N) is 1. The molecule has 0 aliphatic rings. The fourth-order valence-electron chi connectivity index (χ4n) is 2.00. The van der Waals surface area contributed by atoms with Gasteiger partial charge in [-0.2, -0.15) is 0 Å². The molecule has 0 unspecified atom stereocenters. The maximum Gasteiger partial charge on any atom is 0.251 e. The Morgan fingerprint density at radius 3 is 2.61 bits per heavy atom. The lowest BCUT2D eigenvalue weighted by Crippen LogP contribution is -2.31. The minimum atomic E-state index is -0.393. The number of aromatic amines is 1. The molecule has 0 saturated carbocycles. The molecule has 0 radical (unpaired) electrons. The molecule has 7 heteroatoms. The van der Waals surface area contributed by atoms with Gasteiger partial charge in [-0.3, -0.25) is 9.59 Å². The lowest BCUT2D eigenvalue weighted by atomic mass is 10.2. The molecule has 2 amide bonds. The second-order valence-electron chi connectivity index (χ2n) is 5.00. The van der Waals surface area contributed by atoms with Crippen molar-refractivity contribution in [2.75, 3.05) is 13.1 Å². The van der Waals surface area contributed by atoms with Gasteiger partial charge in [0.2, 0.25) is 5.91 Å². The van der Waals surface area contributed by atoms with E-state index in [0.29, 0.717) is 12.1 Å². The van der Waals surface area contributed by atoms with Crippen LogP contribution in [0.3, 0.4) is 0 Å². The number of carbonyl (C=O) groups is 2. The monoisotopic (exact) mass is 318 g/mol. The summed E-state index contributed by atoms with van der Waals surface area (Å²) in [6.45, 7) is 0.797. The Balaban J connectivity index is 1.57. The van der Waals surface area contributed by atoms with Crippen molar-refractivity contribution in [2.45, 2.75) is 19.3 Å². The number of imidazole rings is 1.